The van der Waals surface area contributed by atoms with E-state index in [0.29, 0.717) is 5.92 Å². The molecule has 0 radical (unpaired) electrons. The summed E-state index contributed by atoms with van der Waals surface area (Å²) in [4.78, 5) is 0. The molecule has 0 heteroatoms. The maximum absolute atomic E-state index is 2.44. The zero-order valence-electron chi connectivity index (χ0n) is 14.1. The fourth-order valence-electron chi connectivity index (χ4n) is 2.59. The van der Waals surface area contributed by atoms with Crippen molar-refractivity contribution in [2.75, 3.05) is 0 Å². The summed E-state index contributed by atoms with van der Waals surface area (Å²) in [6.45, 7) is 11.4. The Morgan fingerprint density at radius 2 is 1.65 bits per heavy atom. The largest absolute Gasteiger partial charge is 0.0853 e. The van der Waals surface area contributed by atoms with Crippen LogP contribution >= 0.6 is 0 Å². The monoisotopic (exact) mass is 272 g/mol. The van der Waals surface area contributed by atoms with Gasteiger partial charge in [-0.15, -0.1) is 0 Å². The molecule has 20 heavy (non-hydrogen) atoms. The van der Waals surface area contributed by atoms with Crippen molar-refractivity contribution in [2.24, 2.45) is 11.8 Å². The van der Waals surface area contributed by atoms with Gasteiger partial charge in [0.15, 0.2) is 0 Å². The predicted molar refractivity (Wildman–Crippen MR) is 91.8 cm³/mol. The standard InChI is InChI=1S/C20H32/c1-16(2)20-14-12-18(4)10-6-8-17(3)9-7-11-19(5)13-15-20/h8,10-12,14,16,20H,6-7,9,13,15H2,1-5H3/b14-12+,17-8+,18-10-,19-11+/t20-/m1/s1. The summed E-state index contributed by atoms with van der Waals surface area (Å²) in [6.07, 6.45) is 17.9. The molecule has 0 amide bonds. The zero-order valence-corrected chi connectivity index (χ0v) is 14.1. The normalized spacial score (nSPS) is 32.3. The molecule has 0 saturated heterocycles. The Balaban J connectivity index is 2.85. The molecule has 1 aliphatic rings. The highest BCUT2D eigenvalue weighted by molar-refractivity contribution is 5.19. The lowest BCUT2D eigenvalue weighted by molar-refractivity contribution is 0.435. The summed E-state index contributed by atoms with van der Waals surface area (Å²) < 4.78 is 0. The van der Waals surface area contributed by atoms with Crippen molar-refractivity contribution in [1.29, 1.82) is 0 Å². The molecule has 0 aromatic carbocycles. The van der Waals surface area contributed by atoms with Crippen molar-refractivity contribution in [3.05, 3.63) is 47.1 Å². The highest BCUT2D eigenvalue weighted by atomic mass is 14.1. The molecule has 0 nitrogen and oxygen atoms in total. The van der Waals surface area contributed by atoms with Crippen molar-refractivity contribution in [3.63, 3.8) is 0 Å². The Hall–Kier alpha value is -1.04. The van der Waals surface area contributed by atoms with Crippen molar-refractivity contribution in [1.82, 2.24) is 0 Å². The molecule has 0 aromatic rings. The topological polar surface area (TPSA) is 0 Å². The third kappa shape index (κ3) is 6.93. The maximum Gasteiger partial charge on any atom is -0.0161 e. The van der Waals surface area contributed by atoms with Crippen LogP contribution in [-0.2, 0) is 0 Å². The second-order valence-corrected chi connectivity index (χ2v) is 6.63. The first-order chi connectivity index (χ1) is 9.49. The third-order valence-corrected chi connectivity index (χ3v) is 4.27. The van der Waals surface area contributed by atoms with Crippen LogP contribution in [-0.4, -0.2) is 0 Å². The van der Waals surface area contributed by atoms with Crippen LogP contribution in [0.2, 0.25) is 0 Å². The Morgan fingerprint density at radius 3 is 2.35 bits per heavy atom. The smallest absolute Gasteiger partial charge is 0.0161 e. The first-order valence-corrected chi connectivity index (χ1v) is 8.15. The zero-order chi connectivity index (χ0) is 15.0. The minimum atomic E-state index is 0.696. The average Bonchev–Trinajstić information content (AvgIpc) is 2.37. The average molecular weight is 272 g/mol. The van der Waals surface area contributed by atoms with E-state index in [-0.39, 0.29) is 0 Å². The van der Waals surface area contributed by atoms with Crippen LogP contribution in [0.15, 0.2) is 47.1 Å². The molecule has 0 aliphatic heterocycles. The minimum absolute atomic E-state index is 0.696. The van der Waals surface area contributed by atoms with Gasteiger partial charge in [0.2, 0.25) is 0 Å². The molecule has 1 atom stereocenters. The van der Waals surface area contributed by atoms with E-state index in [9.17, 15) is 0 Å². The molecule has 0 saturated carbocycles. The predicted octanol–water partition coefficient (Wildman–Crippen LogP) is 6.62. The quantitative estimate of drug-likeness (QED) is 0.471. The van der Waals surface area contributed by atoms with Crippen molar-refractivity contribution >= 4 is 0 Å². The van der Waals surface area contributed by atoms with Gasteiger partial charge in [0.1, 0.15) is 0 Å². The number of hydrogen-bond donors (Lipinski definition) is 0. The van der Waals surface area contributed by atoms with E-state index in [1.807, 2.05) is 0 Å². The van der Waals surface area contributed by atoms with E-state index >= 15 is 0 Å². The van der Waals surface area contributed by atoms with E-state index in [2.05, 4.69) is 65.0 Å². The van der Waals surface area contributed by atoms with Gasteiger partial charge in [-0.2, -0.15) is 0 Å². The van der Waals surface area contributed by atoms with E-state index in [1.165, 1.54) is 36.8 Å². The first kappa shape index (κ1) is 17.0. The van der Waals surface area contributed by atoms with Gasteiger partial charge in [-0.25, -0.2) is 0 Å². The summed E-state index contributed by atoms with van der Waals surface area (Å²) in [5.74, 6) is 1.42. The maximum atomic E-state index is 2.44. The van der Waals surface area contributed by atoms with Crippen LogP contribution in [0.3, 0.4) is 0 Å². The van der Waals surface area contributed by atoms with Gasteiger partial charge in [0, 0.05) is 0 Å². The highest BCUT2D eigenvalue weighted by Gasteiger charge is 2.09. The van der Waals surface area contributed by atoms with E-state index in [1.54, 1.807) is 5.57 Å². The minimum Gasteiger partial charge on any atom is -0.0853 e. The van der Waals surface area contributed by atoms with Crippen molar-refractivity contribution < 1.29 is 0 Å². The molecule has 0 spiro atoms. The fraction of sp³-hybridized carbons (Fsp3) is 0.600. The lowest BCUT2D eigenvalue weighted by Crippen LogP contribution is -2.05. The SMILES string of the molecule is CC1=C/C/C=C(\C)CC/C=C(\C)CC[C@H](C(C)C)\C=C\1. The molecule has 0 heterocycles. The van der Waals surface area contributed by atoms with Crippen LogP contribution in [0.25, 0.3) is 0 Å². The van der Waals surface area contributed by atoms with Gasteiger partial charge in [-0.3, -0.25) is 0 Å². The summed E-state index contributed by atoms with van der Waals surface area (Å²) in [5.41, 5.74) is 4.46. The van der Waals surface area contributed by atoms with Gasteiger partial charge in [0.05, 0.1) is 0 Å². The molecule has 0 bridgehead atoms. The van der Waals surface area contributed by atoms with Crippen LogP contribution in [0.5, 0.6) is 0 Å². The van der Waals surface area contributed by atoms with E-state index < -0.39 is 0 Å². The second kappa shape index (κ2) is 9.00. The van der Waals surface area contributed by atoms with Gasteiger partial charge in [-0.05, 0) is 64.7 Å². The van der Waals surface area contributed by atoms with Gasteiger partial charge in [0.25, 0.3) is 0 Å². The number of rotatable bonds is 1. The van der Waals surface area contributed by atoms with Gasteiger partial charge < -0.3 is 0 Å². The van der Waals surface area contributed by atoms with Crippen molar-refractivity contribution in [3.8, 4) is 0 Å². The van der Waals surface area contributed by atoms with Gasteiger partial charge in [-0.1, -0.05) is 60.9 Å². The van der Waals surface area contributed by atoms with Gasteiger partial charge >= 0.3 is 0 Å². The molecule has 0 aromatic heterocycles. The van der Waals surface area contributed by atoms with Crippen LogP contribution in [0.1, 0.15) is 66.7 Å². The van der Waals surface area contributed by atoms with Crippen molar-refractivity contribution in [2.45, 2.75) is 66.7 Å². The first-order valence-electron chi connectivity index (χ1n) is 8.15. The second-order valence-electron chi connectivity index (χ2n) is 6.63. The molecule has 1 aliphatic carbocycles. The van der Waals surface area contributed by atoms with Crippen LogP contribution in [0.4, 0.5) is 0 Å². The molecular weight excluding hydrogens is 240 g/mol. The molecule has 112 valence electrons. The Kier molecular flexibility index (Phi) is 7.65. The molecule has 0 unspecified atom stereocenters. The van der Waals surface area contributed by atoms with Crippen LogP contribution in [0, 0.1) is 11.8 Å². The van der Waals surface area contributed by atoms with E-state index in [0.717, 1.165) is 12.3 Å². The Bertz CT molecular complexity index is 402. The summed E-state index contributed by atoms with van der Waals surface area (Å²) in [5, 5.41) is 0. The summed E-state index contributed by atoms with van der Waals surface area (Å²) in [7, 11) is 0. The summed E-state index contributed by atoms with van der Waals surface area (Å²) >= 11 is 0. The van der Waals surface area contributed by atoms with Crippen LogP contribution < -0.4 is 0 Å². The third-order valence-electron chi connectivity index (χ3n) is 4.27. The molecule has 0 fully saturated rings. The molecular formula is C20H32. The number of hydrogen-bond acceptors (Lipinski definition) is 0. The highest BCUT2D eigenvalue weighted by Crippen LogP contribution is 2.23. The Morgan fingerprint density at radius 1 is 0.950 bits per heavy atom. The molecule has 0 N–H and O–H groups in total. The summed E-state index contributed by atoms with van der Waals surface area (Å²) in [6, 6.07) is 0. The Labute approximate surface area is 126 Å². The lowest BCUT2D eigenvalue weighted by Gasteiger charge is -2.17. The fourth-order valence-corrected chi connectivity index (χ4v) is 2.59. The van der Waals surface area contributed by atoms with E-state index in [4.69, 9.17) is 0 Å². The molecule has 1 rings (SSSR count). The lowest BCUT2D eigenvalue weighted by atomic mass is 9.88. The number of allylic oxidation sites excluding steroid dienone is 8.